The van der Waals surface area contributed by atoms with Gasteiger partial charge in [0, 0.05) is 30.6 Å². The molecule has 1 aliphatic rings. The average molecular weight is 455 g/mol. The van der Waals surface area contributed by atoms with Crippen LogP contribution in [0.25, 0.3) is 0 Å². The van der Waals surface area contributed by atoms with Crippen molar-refractivity contribution >= 4 is 23.2 Å². The van der Waals surface area contributed by atoms with Gasteiger partial charge in [-0.3, -0.25) is 15.0 Å². The number of carbonyl (C=O) groups excluding carboxylic acids is 2. The number of nitrogens with one attached hydrogen (secondary N) is 3. The Morgan fingerprint density at radius 3 is 2.67 bits per heavy atom. The minimum atomic E-state index is -0.369. The lowest BCUT2D eigenvalue weighted by Gasteiger charge is -2.42. The largest absolute Gasteiger partial charge is 0.379 e. The van der Waals surface area contributed by atoms with Gasteiger partial charge in [0.2, 0.25) is 5.91 Å². The van der Waals surface area contributed by atoms with E-state index in [1.165, 1.54) is 13.1 Å². The minimum absolute atomic E-state index is 0.0119. The van der Waals surface area contributed by atoms with Crippen LogP contribution in [-0.2, 0) is 26.2 Å². The van der Waals surface area contributed by atoms with Gasteiger partial charge in [0.1, 0.15) is 17.3 Å². The Morgan fingerprint density at radius 1 is 1.21 bits per heavy atom. The third-order valence-electron chi connectivity index (χ3n) is 6.04. The molecule has 1 aromatic heterocycles. The van der Waals surface area contributed by atoms with Crippen LogP contribution < -0.4 is 10.6 Å². The summed E-state index contributed by atoms with van der Waals surface area (Å²) in [5, 5.41) is 13.6. The van der Waals surface area contributed by atoms with E-state index < -0.39 is 0 Å². The van der Waals surface area contributed by atoms with E-state index in [0.29, 0.717) is 37.6 Å². The molecule has 33 heavy (non-hydrogen) atoms. The van der Waals surface area contributed by atoms with Gasteiger partial charge in [-0.2, -0.15) is 0 Å². The average Bonchev–Trinajstić information content (AvgIpc) is 2.79. The molecule has 3 rings (SSSR count). The van der Waals surface area contributed by atoms with E-state index in [4.69, 9.17) is 10.1 Å². The van der Waals surface area contributed by atoms with Crippen LogP contribution >= 0.6 is 0 Å². The normalized spacial score (nSPS) is 14.3. The molecule has 1 aromatic carbocycles. The fourth-order valence-electron chi connectivity index (χ4n) is 4.03. The highest BCUT2D eigenvalue weighted by atomic mass is 19.1. The lowest BCUT2D eigenvalue weighted by molar-refractivity contribution is -0.119. The predicted molar refractivity (Wildman–Crippen MR) is 125 cm³/mol. The summed E-state index contributed by atoms with van der Waals surface area (Å²) < 4.78 is 20.3. The van der Waals surface area contributed by atoms with Crippen molar-refractivity contribution in [3.05, 3.63) is 59.0 Å². The monoisotopic (exact) mass is 454 g/mol. The minimum Gasteiger partial charge on any atom is -0.379 e. The highest BCUT2D eigenvalue weighted by Gasteiger charge is 2.41. The van der Waals surface area contributed by atoms with Crippen LogP contribution in [0.2, 0.25) is 0 Å². The smallest absolute Gasteiger partial charge is 0.239 e. The Morgan fingerprint density at radius 2 is 2.00 bits per heavy atom. The van der Waals surface area contributed by atoms with Gasteiger partial charge in [0.25, 0.3) is 0 Å². The molecule has 0 radical (unpaired) electrons. The molecule has 1 fully saturated rings. The molecule has 0 aliphatic carbocycles. The number of nitrogens with zero attached hydrogens (tertiary/aromatic N) is 1. The first kappa shape index (κ1) is 24.5. The molecule has 176 valence electrons. The van der Waals surface area contributed by atoms with E-state index >= 15 is 0 Å². The molecule has 2 heterocycles. The number of unbranched alkanes of at least 4 members (excludes halogenated alkanes) is 1. The number of halogens is 1. The number of aryl methyl sites for hydroxylation is 1. The highest BCUT2D eigenvalue weighted by molar-refractivity contribution is 6.45. The standard InChI is InChI=1S/C25H31FN4O3/c1-3-18-8-6-10-20(22(18)26)25(15-33-16-25)11-4-5-12-28-21(32)14-30-24-19(9-7-13-29-24)23(27)17(2)31/h6-10,13,27H,3-5,11-12,14-16H2,1-2H3,(H,28,32)(H,29,30). The maximum atomic E-state index is 14.9. The molecule has 0 bridgehead atoms. The van der Waals surface area contributed by atoms with Crippen molar-refractivity contribution in [3.8, 4) is 0 Å². The van der Waals surface area contributed by atoms with Crippen molar-refractivity contribution < 1.29 is 18.7 Å². The fourth-order valence-corrected chi connectivity index (χ4v) is 4.03. The van der Waals surface area contributed by atoms with Crippen molar-refractivity contribution in [1.82, 2.24) is 10.3 Å². The maximum Gasteiger partial charge on any atom is 0.239 e. The van der Waals surface area contributed by atoms with Crippen molar-refractivity contribution in [2.24, 2.45) is 0 Å². The zero-order valence-electron chi connectivity index (χ0n) is 19.2. The van der Waals surface area contributed by atoms with Crippen LogP contribution in [0.4, 0.5) is 10.2 Å². The summed E-state index contributed by atoms with van der Waals surface area (Å²) in [6.45, 7) is 4.81. The number of amides is 1. The number of hydrogen-bond acceptors (Lipinski definition) is 6. The summed E-state index contributed by atoms with van der Waals surface area (Å²) in [5.74, 6) is -0.360. The first-order chi connectivity index (χ1) is 15.9. The second kappa shape index (κ2) is 11.1. The van der Waals surface area contributed by atoms with Gasteiger partial charge in [-0.1, -0.05) is 31.5 Å². The molecular weight excluding hydrogens is 423 g/mol. The van der Waals surface area contributed by atoms with Gasteiger partial charge in [-0.05, 0) is 42.5 Å². The molecule has 0 spiro atoms. The Kier molecular flexibility index (Phi) is 8.27. The van der Waals surface area contributed by atoms with Gasteiger partial charge in [0.15, 0.2) is 5.78 Å². The first-order valence-corrected chi connectivity index (χ1v) is 11.3. The lowest BCUT2D eigenvalue weighted by Crippen LogP contribution is -2.47. The lowest BCUT2D eigenvalue weighted by atomic mass is 9.74. The number of hydrogen-bond donors (Lipinski definition) is 3. The number of pyridine rings is 1. The van der Waals surface area contributed by atoms with Crippen LogP contribution in [0.3, 0.4) is 0 Å². The van der Waals surface area contributed by atoms with Crippen molar-refractivity contribution in [3.63, 3.8) is 0 Å². The van der Waals surface area contributed by atoms with E-state index in [2.05, 4.69) is 15.6 Å². The van der Waals surface area contributed by atoms with E-state index in [0.717, 1.165) is 30.4 Å². The Hall–Kier alpha value is -3.13. The zero-order chi connectivity index (χ0) is 23.8. The quantitative estimate of drug-likeness (QED) is 0.337. The number of ketones is 1. The molecule has 7 nitrogen and oxygen atoms in total. The Labute approximate surface area is 193 Å². The maximum absolute atomic E-state index is 14.9. The molecule has 1 saturated heterocycles. The molecule has 8 heteroatoms. The van der Waals surface area contributed by atoms with E-state index in [1.807, 2.05) is 25.1 Å². The number of carbonyl (C=O) groups is 2. The summed E-state index contributed by atoms with van der Waals surface area (Å²) in [6, 6.07) is 8.86. The predicted octanol–water partition coefficient (Wildman–Crippen LogP) is 3.41. The highest BCUT2D eigenvalue weighted by Crippen LogP contribution is 2.39. The van der Waals surface area contributed by atoms with Crippen molar-refractivity contribution in [2.45, 2.75) is 44.9 Å². The molecule has 2 aromatic rings. The van der Waals surface area contributed by atoms with E-state index in [9.17, 15) is 14.0 Å². The summed E-state index contributed by atoms with van der Waals surface area (Å²) >= 11 is 0. The second-order valence-corrected chi connectivity index (χ2v) is 8.40. The van der Waals surface area contributed by atoms with Crippen molar-refractivity contribution in [2.75, 3.05) is 31.6 Å². The topological polar surface area (TPSA) is 104 Å². The number of Topliss-reactive ketones (excluding diaryl/α,β-unsaturated/α-hetero) is 1. The van der Waals surface area contributed by atoms with Crippen molar-refractivity contribution in [1.29, 1.82) is 5.41 Å². The fraction of sp³-hybridized carbons (Fsp3) is 0.440. The van der Waals surface area contributed by atoms with Crippen LogP contribution in [0.1, 0.15) is 49.8 Å². The number of anilines is 1. The summed E-state index contributed by atoms with van der Waals surface area (Å²) in [7, 11) is 0. The molecule has 0 saturated carbocycles. The second-order valence-electron chi connectivity index (χ2n) is 8.40. The molecule has 1 amide bonds. The SMILES string of the molecule is CCc1cccc(C2(CCCCNC(=O)CNc3ncccc3C(=N)C(C)=O)COC2)c1F. The molecule has 1 aliphatic heterocycles. The third-order valence-corrected chi connectivity index (χ3v) is 6.04. The summed E-state index contributed by atoms with van der Waals surface area (Å²) in [4.78, 5) is 27.8. The summed E-state index contributed by atoms with van der Waals surface area (Å²) in [5.41, 5.74) is 1.40. The van der Waals surface area contributed by atoms with E-state index in [1.54, 1.807) is 12.1 Å². The van der Waals surface area contributed by atoms with Gasteiger partial charge in [-0.15, -0.1) is 0 Å². The van der Waals surface area contributed by atoms with Gasteiger partial charge >= 0.3 is 0 Å². The third kappa shape index (κ3) is 5.82. The van der Waals surface area contributed by atoms with Gasteiger partial charge in [0.05, 0.1) is 19.8 Å². The van der Waals surface area contributed by atoms with E-state index in [-0.39, 0.29) is 35.2 Å². The number of ether oxygens (including phenoxy) is 1. The molecule has 0 unspecified atom stereocenters. The Bertz CT molecular complexity index is 1020. The van der Waals surface area contributed by atoms with Crippen LogP contribution in [0.15, 0.2) is 36.5 Å². The van der Waals surface area contributed by atoms with Crippen LogP contribution in [0.5, 0.6) is 0 Å². The molecular formula is C25H31FN4O3. The Balaban J connectivity index is 1.44. The molecule has 3 N–H and O–H groups in total. The van der Waals surface area contributed by atoms with Crippen LogP contribution in [-0.4, -0.2) is 48.7 Å². The zero-order valence-corrected chi connectivity index (χ0v) is 19.2. The molecule has 0 atom stereocenters. The number of benzene rings is 1. The van der Waals surface area contributed by atoms with Gasteiger partial charge < -0.3 is 15.4 Å². The van der Waals surface area contributed by atoms with Crippen LogP contribution in [0, 0.1) is 11.2 Å². The van der Waals surface area contributed by atoms with Gasteiger partial charge in [-0.25, -0.2) is 9.37 Å². The number of aromatic nitrogens is 1. The number of rotatable bonds is 12. The first-order valence-electron chi connectivity index (χ1n) is 11.3. The summed E-state index contributed by atoms with van der Waals surface area (Å²) in [6.07, 6.45) is 4.61.